The molecule has 18 heavy (non-hydrogen) atoms. The second kappa shape index (κ2) is 5.44. The number of ether oxygens (including phenoxy) is 2. The fourth-order valence-electron chi connectivity index (χ4n) is 1.66. The fourth-order valence-corrected chi connectivity index (χ4v) is 2.11. The molecule has 0 aliphatic heterocycles. The molecule has 0 spiro atoms. The van der Waals surface area contributed by atoms with E-state index in [2.05, 4.69) is 15.9 Å². The molecule has 0 amide bonds. The van der Waals surface area contributed by atoms with Gasteiger partial charge in [0.25, 0.3) is 0 Å². The van der Waals surface area contributed by atoms with Crippen LogP contribution in [0.1, 0.15) is 12.5 Å². The van der Waals surface area contributed by atoms with Crippen LogP contribution < -0.4 is 9.47 Å². The fraction of sp³-hybridized carbons (Fsp3) is 0.200. The highest BCUT2D eigenvalue weighted by Crippen LogP contribution is 2.34. The van der Waals surface area contributed by atoms with Crippen molar-refractivity contribution in [2.75, 3.05) is 7.11 Å². The third kappa shape index (κ3) is 3.05. The summed E-state index contributed by atoms with van der Waals surface area (Å²) in [5.74, 6) is 1.61. The zero-order valence-electron chi connectivity index (χ0n) is 10.4. The van der Waals surface area contributed by atoms with Gasteiger partial charge in [0.05, 0.1) is 7.11 Å². The SMILES string of the molecule is COc1ccc(OC(C)(Br)c2ccccc2)cc1. The van der Waals surface area contributed by atoms with Crippen molar-refractivity contribution in [3.05, 3.63) is 60.2 Å². The highest BCUT2D eigenvalue weighted by atomic mass is 79.9. The van der Waals surface area contributed by atoms with Crippen LogP contribution in [-0.2, 0) is 4.51 Å². The molecule has 0 saturated heterocycles. The standard InChI is InChI=1S/C15H15BrO2/c1-15(16,12-6-4-3-5-7-12)18-14-10-8-13(17-2)9-11-14/h3-11H,1-2H3. The predicted octanol–water partition coefficient (Wildman–Crippen LogP) is 4.34. The minimum absolute atomic E-state index is 0.539. The normalized spacial score (nSPS) is 13.7. The Labute approximate surface area is 116 Å². The first kappa shape index (κ1) is 13.0. The average Bonchev–Trinajstić information content (AvgIpc) is 2.40. The summed E-state index contributed by atoms with van der Waals surface area (Å²) in [7, 11) is 1.65. The zero-order valence-corrected chi connectivity index (χ0v) is 12.0. The van der Waals surface area contributed by atoms with Crippen LogP contribution in [0.3, 0.4) is 0 Å². The van der Waals surface area contributed by atoms with Gasteiger partial charge in [-0.1, -0.05) is 30.3 Å². The lowest BCUT2D eigenvalue weighted by Crippen LogP contribution is -2.21. The topological polar surface area (TPSA) is 18.5 Å². The van der Waals surface area contributed by atoms with Crippen molar-refractivity contribution in [1.82, 2.24) is 0 Å². The lowest BCUT2D eigenvalue weighted by molar-refractivity contribution is 0.196. The maximum absolute atomic E-state index is 5.95. The second-order valence-corrected chi connectivity index (χ2v) is 5.57. The lowest BCUT2D eigenvalue weighted by atomic mass is 10.1. The molecule has 0 heterocycles. The molecule has 0 bridgehead atoms. The molecule has 0 N–H and O–H groups in total. The van der Waals surface area contributed by atoms with E-state index in [4.69, 9.17) is 9.47 Å². The van der Waals surface area contributed by atoms with Gasteiger partial charge >= 0.3 is 0 Å². The largest absolute Gasteiger partial charge is 0.497 e. The van der Waals surface area contributed by atoms with Gasteiger partial charge < -0.3 is 9.47 Å². The Morgan fingerprint density at radius 3 is 2.00 bits per heavy atom. The summed E-state index contributed by atoms with van der Waals surface area (Å²) in [4.78, 5) is 0. The molecule has 0 radical (unpaired) electrons. The number of methoxy groups -OCH3 is 1. The van der Waals surface area contributed by atoms with Crippen LogP contribution in [0.5, 0.6) is 11.5 Å². The van der Waals surface area contributed by atoms with Crippen molar-refractivity contribution in [3.63, 3.8) is 0 Å². The molecule has 2 aromatic rings. The van der Waals surface area contributed by atoms with Crippen LogP contribution in [0.2, 0.25) is 0 Å². The zero-order chi connectivity index (χ0) is 13.0. The van der Waals surface area contributed by atoms with Gasteiger partial charge in [-0.25, -0.2) is 0 Å². The molecule has 0 saturated carbocycles. The van der Waals surface area contributed by atoms with E-state index >= 15 is 0 Å². The number of alkyl halides is 1. The summed E-state index contributed by atoms with van der Waals surface area (Å²) >= 11 is 3.61. The molecular weight excluding hydrogens is 292 g/mol. The van der Waals surface area contributed by atoms with Crippen LogP contribution in [0.4, 0.5) is 0 Å². The first-order valence-corrected chi connectivity index (χ1v) is 6.48. The third-order valence-corrected chi connectivity index (χ3v) is 3.28. The lowest BCUT2D eigenvalue weighted by Gasteiger charge is -2.25. The molecule has 1 unspecified atom stereocenters. The van der Waals surface area contributed by atoms with Gasteiger partial charge in [0.15, 0.2) is 4.51 Å². The van der Waals surface area contributed by atoms with Crippen molar-refractivity contribution in [2.45, 2.75) is 11.4 Å². The van der Waals surface area contributed by atoms with E-state index in [1.54, 1.807) is 7.11 Å². The minimum Gasteiger partial charge on any atom is -0.497 e. The number of hydrogen-bond donors (Lipinski definition) is 0. The molecule has 1 atom stereocenters. The van der Waals surface area contributed by atoms with Crippen LogP contribution in [0.25, 0.3) is 0 Å². The Morgan fingerprint density at radius 1 is 0.889 bits per heavy atom. The molecule has 2 nitrogen and oxygen atoms in total. The maximum atomic E-state index is 5.95. The van der Waals surface area contributed by atoms with Crippen LogP contribution >= 0.6 is 15.9 Å². The highest BCUT2D eigenvalue weighted by molar-refractivity contribution is 9.09. The van der Waals surface area contributed by atoms with Gasteiger partial charge in [-0.05, 0) is 47.1 Å². The minimum atomic E-state index is -0.539. The van der Waals surface area contributed by atoms with Crippen LogP contribution in [0, 0.1) is 0 Å². The summed E-state index contributed by atoms with van der Waals surface area (Å²) in [6.45, 7) is 1.98. The monoisotopic (exact) mass is 306 g/mol. The summed E-state index contributed by atoms with van der Waals surface area (Å²) < 4.78 is 10.5. The van der Waals surface area contributed by atoms with E-state index in [0.717, 1.165) is 17.1 Å². The molecule has 2 aromatic carbocycles. The smallest absolute Gasteiger partial charge is 0.185 e. The summed E-state index contributed by atoms with van der Waals surface area (Å²) in [6.07, 6.45) is 0. The average molecular weight is 307 g/mol. The quantitative estimate of drug-likeness (QED) is 0.782. The van der Waals surface area contributed by atoms with Gasteiger partial charge in [-0.15, -0.1) is 0 Å². The van der Waals surface area contributed by atoms with E-state index in [1.165, 1.54) is 0 Å². The van der Waals surface area contributed by atoms with Crippen molar-refractivity contribution in [3.8, 4) is 11.5 Å². The number of benzene rings is 2. The van der Waals surface area contributed by atoms with E-state index in [9.17, 15) is 0 Å². The molecule has 0 fully saturated rings. The second-order valence-electron chi connectivity index (χ2n) is 4.06. The molecule has 2 rings (SSSR count). The Bertz CT molecular complexity index is 492. The van der Waals surface area contributed by atoms with Crippen molar-refractivity contribution >= 4 is 15.9 Å². The summed E-state index contributed by atoms with van der Waals surface area (Å²) in [5, 5.41) is 0. The molecule has 0 aliphatic carbocycles. The molecule has 94 valence electrons. The Kier molecular flexibility index (Phi) is 3.92. The van der Waals surface area contributed by atoms with Crippen molar-refractivity contribution in [2.24, 2.45) is 0 Å². The number of hydrogen-bond acceptors (Lipinski definition) is 2. The molecular formula is C15H15BrO2. The Hall–Kier alpha value is -1.48. The summed E-state index contributed by atoms with van der Waals surface area (Å²) in [6, 6.07) is 17.6. The van der Waals surface area contributed by atoms with E-state index in [-0.39, 0.29) is 0 Å². The van der Waals surface area contributed by atoms with E-state index in [0.29, 0.717) is 0 Å². The highest BCUT2D eigenvalue weighted by Gasteiger charge is 2.24. The summed E-state index contributed by atoms with van der Waals surface area (Å²) in [5.41, 5.74) is 1.07. The van der Waals surface area contributed by atoms with E-state index in [1.807, 2.05) is 61.5 Å². The molecule has 0 aromatic heterocycles. The van der Waals surface area contributed by atoms with Crippen LogP contribution in [0.15, 0.2) is 54.6 Å². The van der Waals surface area contributed by atoms with Gasteiger partial charge in [-0.3, -0.25) is 0 Å². The Balaban J connectivity index is 2.16. The number of rotatable bonds is 4. The van der Waals surface area contributed by atoms with Crippen molar-refractivity contribution < 1.29 is 9.47 Å². The van der Waals surface area contributed by atoms with Gasteiger partial charge in [0, 0.05) is 5.56 Å². The third-order valence-electron chi connectivity index (χ3n) is 2.66. The molecule has 3 heteroatoms. The van der Waals surface area contributed by atoms with Crippen LogP contribution in [-0.4, -0.2) is 7.11 Å². The van der Waals surface area contributed by atoms with E-state index < -0.39 is 4.51 Å². The first-order chi connectivity index (χ1) is 8.62. The first-order valence-electron chi connectivity index (χ1n) is 5.69. The number of halogens is 1. The van der Waals surface area contributed by atoms with Gasteiger partial charge in [-0.2, -0.15) is 0 Å². The molecule has 0 aliphatic rings. The van der Waals surface area contributed by atoms with Crippen molar-refractivity contribution in [1.29, 1.82) is 0 Å². The Morgan fingerprint density at radius 2 is 1.44 bits per heavy atom. The maximum Gasteiger partial charge on any atom is 0.185 e. The predicted molar refractivity (Wildman–Crippen MR) is 76.3 cm³/mol. The van der Waals surface area contributed by atoms with Gasteiger partial charge in [0.2, 0.25) is 0 Å². The van der Waals surface area contributed by atoms with Gasteiger partial charge in [0.1, 0.15) is 11.5 Å².